The number of para-hydroxylation sites is 1. The van der Waals surface area contributed by atoms with Crippen LogP contribution in [-0.2, 0) is 6.18 Å². The maximum absolute atomic E-state index is 13.5. The fraction of sp³-hybridized carbons (Fsp3) is 0.480. The second-order valence-corrected chi connectivity index (χ2v) is 9.51. The van der Waals surface area contributed by atoms with Gasteiger partial charge in [-0.25, -0.2) is 9.48 Å². The second kappa shape index (κ2) is 11.7. The normalized spacial score (nSPS) is 17.8. The van der Waals surface area contributed by atoms with E-state index in [1.165, 1.54) is 0 Å². The van der Waals surface area contributed by atoms with Gasteiger partial charge in [0.15, 0.2) is 5.69 Å². The Kier molecular flexibility index (Phi) is 8.32. The Labute approximate surface area is 217 Å². The second-order valence-electron chi connectivity index (χ2n) is 9.51. The van der Waals surface area contributed by atoms with Gasteiger partial charge >= 0.3 is 12.2 Å². The number of carbonyl (C=O) groups is 2. The molecule has 0 atom stereocenters. The van der Waals surface area contributed by atoms with Crippen LogP contribution in [-0.4, -0.2) is 51.0 Å². The highest BCUT2D eigenvalue weighted by Crippen LogP contribution is 2.33. The highest BCUT2D eigenvalue weighted by Gasteiger charge is 2.39. The number of halogens is 3. The molecule has 0 aliphatic heterocycles. The third-order valence-electron chi connectivity index (χ3n) is 6.31. The van der Waals surface area contributed by atoms with E-state index < -0.39 is 29.4 Å². The van der Waals surface area contributed by atoms with Crippen molar-refractivity contribution in [2.75, 3.05) is 13.1 Å². The Morgan fingerprint density at radius 2 is 1.74 bits per heavy atom. The third-order valence-corrected chi connectivity index (χ3v) is 6.31. The van der Waals surface area contributed by atoms with Crippen LogP contribution in [0.15, 0.2) is 40.9 Å². The average molecular weight is 534 g/mol. The first kappa shape index (κ1) is 27.1. The number of nitrogens with zero attached hydrogens (tertiary/aromatic N) is 4. The van der Waals surface area contributed by atoms with E-state index in [4.69, 9.17) is 4.42 Å². The molecule has 0 radical (unpaired) electrons. The number of urea groups is 1. The zero-order valence-electron chi connectivity index (χ0n) is 21.1. The lowest BCUT2D eigenvalue weighted by Crippen LogP contribution is -2.45. The van der Waals surface area contributed by atoms with E-state index >= 15 is 0 Å². The van der Waals surface area contributed by atoms with E-state index in [1.807, 2.05) is 13.8 Å². The maximum Gasteiger partial charge on any atom is 0.435 e. The van der Waals surface area contributed by atoms with Gasteiger partial charge in [0, 0.05) is 37.2 Å². The van der Waals surface area contributed by atoms with Crippen LogP contribution in [0.2, 0.25) is 0 Å². The Bertz CT molecular complexity index is 1230. The van der Waals surface area contributed by atoms with Gasteiger partial charge in [-0.2, -0.15) is 18.3 Å². The number of nitrogens with one attached hydrogen (secondary N) is 3. The van der Waals surface area contributed by atoms with Crippen molar-refractivity contribution in [1.82, 2.24) is 35.9 Å². The van der Waals surface area contributed by atoms with Crippen LogP contribution in [0, 0.1) is 0 Å². The summed E-state index contributed by atoms with van der Waals surface area (Å²) < 4.78 is 47.2. The van der Waals surface area contributed by atoms with Gasteiger partial charge in [-0.1, -0.05) is 32.0 Å². The number of alkyl halides is 3. The standard InChI is InChI=1S/C25H30F3N7O3/c1-15(2)22-32-33-23(38-22)16-8-10-17(11-9-16)31-24(37)30-13-12-29-21(36)19-14-35(18-6-4-3-5-7-18)34-20(19)25(26,27)28/h3-7,14-17H,8-13H2,1-2H3,(H,29,36)(H2,30,31,37)/t16-,17-. The highest BCUT2D eigenvalue weighted by atomic mass is 19.4. The number of carbonyl (C=O) groups excluding carboxylic acids is 2. The van der Waals surface area contributed by atoms with Crippen molar-refractivity contribution in [1.29, 1.82) is 0 Å². The Balaban J connectivity index is 1.21. The molecule has 0 spiro atoms. The molecule has 3 amide bonds. The Morgan fingerprint density at radius 1 is 1.05 bits per heavy atom. The number of rotatable bonds is 8. The molecular weight excluding hydrogens is 503 g/mol. The highest BCUT2D eigenvalue weighted by molar-refractivity contribution is 5.95. The minimum atomic E-state index is -4.80. The molecule has 38 heavy (non-hydrogen) atoms. The van der Waals surface area contributed by atoms with Crippen LogP contribution in [0.1, 0.15) is 79.2 Å². The molecule has 1 aliphatic carbocycles. The predicted molar refractivity (Wildman–Crippen MR) is 131 cm³/mol. The van der Waals surface area contributed by atoms with Crippen molar-refractivity contribution in [3.8, 4) is 5.69 Å². The van der Waals surface area contributed by atoms with E-state index in [0.29, 0.717) is 17.5 Å². The van der Waals surface area contributed by atoms with Crippen molar-refractivity contribution in [2.45, 2.75) is 63.6 Å². The van der Waals surface area contributed by atoms with Gasteiger partial charge < -0.3 is 20.4 Å². The van der Waals surface area contributed by atoms with Crippen molar-refractivity contribution in [3.05, 3.63) is 59.6 Å². The molecule has 1 saturated carbocycles. The van der Waals surface area contributed by atoms with Gasteiger partial charge in [0.25, 0.3) is 5.91 Å². The van der Waals surface area contributed by atoms with Crippen molar-refractivity contribution >= 4 is 11.9 Å². The van der Waals surface area contributed by atoms with E-state index in [2.05, 4.69) is 31.2 Å². The minimum absolute atomic E-state index is 0.0218. The summed E-state index contributed by atoms with van der Waals surface area (Å²) in [6.07, 6.45) is -0.649. The van der Waals surface area contributed by atoms with Gasteiger partial charge in [-0.15, -0.1) is 10.2 Å². The zero-order chi connectivity index (χ0) is 27.3. The van der Waals surface area contributed by atoms with Crippen LogP contribution < -0.4 is 16.0 Å². The number of hydrogen-bond donors (Lipinski definition) is 3. The van der Waals surface area contributed by atoms with Crippen molar-refractivity contribution in [3.63, 3.8) is 0 Å². The molecule has 2 heterocycles. The summed E-state index contributed by atoms with van der Waals surface area (Å²) >= 11 is 0. The third kappa shape index (κ3) is 6.69. The van der Waals surface area contributed by atoms with Crippen molar-refractivity contribution < 1.29 is 27.2 Å². The average Bonchev–Trinajstić information content (AvgIpc) is 3.56. The van der Waals surface area contributed by atoms with E-state index in [-0.39, 0.29) is 31.0 Å². The van der Waals surface area contributed by atoms with E-state index in [9.17, 15) is 22.8 Å². The predicted octanol–water partition coefficient (Wildman–Crippen LogP) is 4.15. The molecule has 1 aromatic carbocycles. The molecule has 13 heteroatoms. The van der Waals surface area contributed by atoms with Crippen LogP contribution in [0.3, 0.4) is 0 Å². The van der Waals surface area contributed by atoms with Crippen LogP contribution in [0.5, 0.6) is 0 Å². The van der Waals surface area contributed by atoms with Gasteiger partial charge in [-0.3, -0.25) is 4.79 Å². The lowest BCUT2D eigenvalue weighted by Gasteiger charge is -2.27. The largest absolute Gasteiger partial charge is 0.435 e. The van der Waals surface area contributed by atoms with Crippen LogP contribution >= 0.6 is 0 Å². The topological polar surface area (TPSA) is 127 Å². The molecule has 0 unspecified atom stereocenters. The quantitative estimate of drug-likeness (QED) is 0.374. The van der Waals surface area contributed by atoms with E-state index in [1.54, 1.807) is 30.3 Å². The molecule has 204 valence electrons. The number of aromatic nitrogens is 4. The Morgan fingerprint density at radius 3 is 2.37 bits per heavy atom. The summed E-state index contributed by atoms with van der Waals surface area (Å²) in [4.78, 5) is 24.8. The first-order valence-corrected chi connectivity index (χ1v) is 12.5. The summed E-state index contributed by atoms with van der Waals surface area (Å²) in [7, 11) is 0. The molecule has 0 saturated heterocycles. The molecular formula is C25H30F3N7O3. The summed E-state index contributed by atoms with van der Waals surface area (Å²) in [5.74, 6) is 0.656. The number of benzene rings is 1. The fourth-order valence-corrected chi connectivity index (χ4v) is 4.28. The first-order valence-electron chi connectivity index (χ1n) is 12.5. The number of amides is 3. The van der Waals surface area contributed by atoms with Gasteiger partial charge in [0.1, 0.15) is 0 Å². The monoisotopic (exact) mass is 533 g/mol. The van der Waals surface area contributed by atoms with Crippen molar-refractivity contribution in [2.24, 2.45) is 0 Å². The minimum Gasteiger partial charge on any atom is -0.425 e. The zero-order valence-corrected chi connectivity index (χ0v) is 21.1. The van der Waals surface area contributed by atoms with Gasteiger partial charge in [-0.05, 0) is 37.8 Å². The summed E-state index contributed by atoms with van der Waals surface area (Å²) in [5, 5.41) is 19.7. The molecule has 4 rings (SSSR count). The summed E-state index contributed by atoms with van der Waals surface area (Å²) in [6, 6.07) is 7.76. The SMILES string of the molecule is CC(C)c1nnc([C@H]2CC[C@H](NC(=O)NCCNC(=O)c3cn(-c4ccccc4)nc3C(F)(F)F)CC2)o1. The summed E-state index contributed by atoms with van der Waals surface area (Å²) in [5.41, 5.74) is -1.48. The Hall–Kier alpha value is -3.90. The van der Waals surface area contributed by atoms with E-state index in [0.717, 1.165) is 36.6 Å². The lowest BCUT2D eigenvalue weighted by molar-refractivity contribution is -0.141. The molecule has 1 fully saturated rings. The molecule has 3 aromatic rings. The smallest absolute Gasteiger partial charge is 0.425 e. The molecule has 1 aliphatic rings. The van der Waals surface area contributed by atoms with Gasteiger partial charge in [0.05, 0.1) is 11.3 Å². The summed E-state index contributed by atoms with van der Waals surface area (Å²) in [6.45, 7) is 3.96. The molecule has 3 N–H and O–H groups in total. The van der Waals surface area contributed by atoms with Gasteiger partial charge in [0.2, 0.25) is 11.8 Å². The molecule has 2 aromatic heterocycles. The number of hydrogen-bond acceptors (Lipinski definition) is 6. The first-order chi connectivity index (χ1) is 18.1. The molecule has 0 bridgehead atoms. The fourth-order valence-electron chi connectivity index (χ4n) is 4.28. The molecule has 10 nitrogen and oxygen atoms in total. The van der Waals surface area contributed by atoms with Crippen LogP contribution in [0.4, 0.5) is 18.0 Å². The van der Waals surface area contributed by atoms with Crippen LogP contribution in [0.25, 0.3) is 5.69 Å². The lowest BCUT2D eigenvalue weighted by atomic mass is 9.86. The maximum atomic E-state index is 13.5.